The molecule has 132 valence electrons. The highest BCUT2D eigenvalue weighted by molar-refractivity contribution is 8.00. The van der Waals surface area contributed by atoms with E-state index in [4.69, 9.17) is 9.47 Å². The second-order valence-electron chi connectivity index (χ2n) is 5.74. The number of rotatable bonds is 4. The van der Waals surface area contributed by atoms with Gasteiger partial charge in [-0.05, 0) is 18.2 Å². The van der Waals surface area contributed by atoms with Crippen LogP contribution in [-0.2, 0) is 4.79 Å². The molecule has 0 atom stereocenters. The first kappa shape index (κ1) is 16.7. The standard InChI is InChI=1S/C19H17N3O3S/c23-18(11-26-19-14-4-1-2-5-15(14)20-12-21-19)22-13-6-7-16-17(10-13)25-9-3-8-24-16/h1-2,4-7,10,12H,3,8-9,11H2,(H,22,23). The first-order chi connectivity index (χ1) is 12.8. The fourth-order valence-corrected chi connectivity index (χ4v) is 3.46. The van der Waals surface area contributed by atoms with Crippen molar-refractivity contribution in [3.05, 3.63) is 48.8 Å². The molecule has 0 spiro atoms. The second-order valence-corrected chi connectivity index (χ2v) is 6.71. The van der Waals surface area contributed by atoms with Gasteiger partial charge in [-0.15, -0.1) is 0 Å². The summed E-state index contributed by atoms with van der Waals surface area (Å²) in [5, 5.41) is 4.64. The van der Waals surface area contributed by atoms with Crippen LogP contribution in [0.3, 0.4) is 0 Å². The Hall–Kier alpha value is -2.80. The third-order valence-corrected chi connectivity index (χ3v) is 4.88. The zero-order valence-electron chi connectivity index (χ0n) is 14.0. The van der Waals surface area contributed by atoms with Crippen LogP contribution in [-0.4, -0.2) is 34.8 Å². The number of fused-ring (bicyclic) bond motifs is 2. The van der Waals surface area contributed by atoms with Crippen LogP contribution >= 0.6 is 11.8 Å². The Morgan fingerprint density at radius 2 is 1.92 bits per heavy atom. The summed E-state index contributed by atoms with van der Waals surface area (Å²) < 4.78 is 11.2. The highest BCUT2D eigenvalue weighted by Crippen LogP contribution is 2.32. The maximum atomic E-state index is 12.3. The molecule has 1 aromatic heterocycles. The van der Waals surface area contributed by atoms with E-state index in [9.17, 15) is 4.79 Å². The van der Waals surface area contributed by atoms with Gasteiger partial charge in [0.15, 0.2) is 11.5 Å². The Morgan fingerprint density at radius 3 is 2.85 bits per heavy atom. The molecule has 1 amide bonds. The van der Waals surface area contributed by atoms with Crippen LogP contribution < -0.4 is 14.8 Å². The molecule has 0 aliphatic carbocycles. The molecule has 2 heterocycles. The Kier molecular flexibility index (Phi) is 4.88. The zero-order valence-corrected chi connectivity index (χ0v) is 14.8. The van der Waals surface area contributed by atoms with Gasteiger partial charge in [-0.25, -0.2) is 9.97 Å². The van der Waals surface area contributed by atoms with Crippen molar-refractivity contribution in [1.29, 1.82) is 0 Å². The van der Waals surface area contributed by atoms with Crippen molar-refractivity contribution in [3.8, 4) is 11.5 Å². The lowest BCUT2D eigenvalue weighted by Gasteiger charge is -2.10. The third kappa shape index (κ3) is 3.72. The molecule has 0 saturated heterocycles. The summed E-state index contributed by atoms with van der Waals surface area (Å²) in [5.74, 6) is 1.53. The third-order valence-electron chi connectivity index (χ3n) is 3.88. The van der Waals surface area contributed by atoms with Crippen molar-refractivity contribution >= 4 is 34.3 Å². The number of nitrogens with zero attached hydrogens (tertiary/aromatic N) is 2. The van der Waals surface area contributed by atoms with Crippen molar-refractivity contribution in [2.45, 2.75) is 11.4 Å². The maximum absolute atomic E-state index is 12.3. The van der Waals surface area contributed by atoms with E-state index in [2.05, 4.69) is 15.3 Å². The van der Waals surface area contributed by atoms with Crippen LogP contribution in [0.2, 0.25) is 0 Å². The van der Waals surface area contributed by atoms with Gasteiger partial charge >= 0.3 is 0 Å². The number of hydrogen-bond donors (Lipinski definition) is 1. The largest absolute Gasteiger partial charge is 0.490 e. The summed E-state index contributed by atoms with van der Waals surface area (Å²) in [6.07, 6.45) is 2.37. The first-order valence-electron chi connectivity index (χ1n) is 8.32. The van der Waals surface area contributed by atoms with Gasteiger partial charge < -0.3 is 14.8 Å². The molecule has 1 aliphatic heterocycles. The number of para-hydroxylation sites is 1. The molecule has 0 fully saturated rings. The predicted molar refractivity (Wildman–Crippen MR) is 101 cm³/mol. The molecule has 2 aromatic carbocycles. The molecule has 0 bridgehead atoms. The van der Waals surface area contributed by atoms with Crippen LogP contribution in [0.4, 0.5) is 5.69 Å². The van der Waals surface area contributed by atoms with Gasteiger partial charge in [0, 0.05) is 23.6 Å². The smallest absolute Gasteiger partial charge is 0.234 e. The number of amides is 1. The van der Waals surface area contributed by atoms with Gasteiger partial charge in [-0.1, -0.05) is 30.0 Å². The minimum Gasteiger partial charge on any atom is -0.490 e. The van der Waals surface area contributed by atoms with Gasteiger partial charge in [-0.2, -0.15) is 0 Å². The van der Waals surface area contributed by atoms with E-state index in [-0.39, 0.29) is 11.7 Å². The second kappa shape index (κ2) is 7.61. The molecule has 0 unspecified atom stereocenters. The number of benzene rings is 2. The van der Waals surface area contributed by atoms with Crippen molar-refractivity contribution in [2.75, 3.05) is 24.3 Å². The highest BCUT2D eigenvalue weighted by Gasteiger charge is 2.13. The van der Waals surface area contributed by atoms with Gasteiger partial charge in [-0.3, -0.25) is 4.79 Å². The summed E-state index contributed by atoms with van der Waals surface area (Å²) in [7, 11) is 0. The highest BCUT2D eigenvalue weighted by atomic mass is 32.2. The molecule has 1 aliphatic rings. The minimum absolute atomic E-state index is 0.104. The number of carbonyl (C=O) groups excluding carboxylic acids is 1. The topological polar surface area (TPSA) is 73.3 Å². The lowest BCUT2D eigenvalue weighted by atomic mass is 10.2. The summed E-state index contributed by atoms with van der Waals surface area (Å²) in [6.45, 7) is 1.25. The molecule has 0 saturated carbocycles. The lowest BCUT2D eigenvalue weighted by molar-refractivity contribution is -0.113. The Bertz CT molecular complexity index is 943. The zero-order chi connectivity index (χ0) is 17.8. The van der Waals surface area contributed by atoms with Crippen molar-refractivity contribution in [2.24, 2.45) is 0 Å². The fraction of sp³-hybridized carbons (Fsp3) is 0.211. The summed E-state index contributed by atoms with van der Waals surface area (Å²) >= 11 is 1.39. The van der Waals surface area contributed by atoms with E-state index in [1.54, 1.807) is 6.07 Å². The number of ether oxygens (including phenoxy) is 2. The number of nitrogens with one attached hydrogen (secondary N) is 1. The normalized spacial score (nSPS) is 13.2. The van der Waals surface area contributed by atoms with Crippen LogP contribution in [0.15, 0.2) is 53.8 Å². The van der Waals surface area contributed by atoms with E-state index in [0.717, 1.165) is 22.3 Å². The SMILES string of the molecule is O=C(CSc1ncnc2ccccc12)Nc1ccc2c(c1)OCCCO2. The average molecular weight is 367 g/mol. The minimum atomic E-state index is -0.104. The van der Waals surface area contributed by atoms with E-state index in [0.29, 0.717) is 30.4 Å². The van der Waals surface area contributed by atoms with Crippen molar-refractivity contribution < 1.29 is 14.3 Å². The molecule has 7 heteroatoms. The van der Waals surface area contributed by atoms with E-state index in [1.807, 2.05) is 36.4 Å². The van der Waals surface area contributed by atoms with E-state index < -0.39 is 0 Å². The number of hydrogen-bond acceptors (Lipinski definition) is 6. The summed E-state index contributed by atoms with van der Waals surface area (Å²) in [6, 6.07) is 13.2. The number of aromatic nitrogens is 2. The fourth-order valence-electron chi connectivity index (χ4n) is 2.67. The van der Waals surface area contributed by atoms with Gasteiger partial charge in [0.05, 0.1) is 24.5 Å². The number of anilines is 1. The molecule has 6 nitrogen and oxygen atoms in total. The predicted octanol–water partition coefficient (Wildman–Crippen LogP) is 3.52. The molecular formula is C19H17N3O3S. The molecule has 26 heavy (non-hydrogen) atoms. The average Bonchev–Trinajstić information content (AvgIpc) is 2.91. The molecule has 4 rings (SSSR count). The van der Waals surface area contributed by atoms with Crippen molar-refractivity contribution in [3.63, 3.8) is 0 Å². The van der Waals surface area contributed by atoms with E-state index in [1.165, 1.54) is 18.1 Å². The Balaban J connectivity index is 1.42. The van der Waals surface area contributed by atoms with E-state index >= 15 is 0 Å². The van der Waals surface area contributed by atoms with Gasteiger partial charge in [0.25, 0.3) is 0 Å². The van der Waals surface area contributed by atoms with Crippen molar-refractivity contribution in [1.82, 2.24) is 9.97 Å². The molecular weight excluding hydrogens is 350 g/mol. The Labute approximate surface area is 154 Å². The van der Waals surface area contributed by atoms with Crippen LogP contribution in [0, 0.1) is 0 Å². The van der Waals surface area contributed by atoms with Crippen LogP contribution in [0.5, 0.6) is 11.5 Å². The summed E-state index contributed by atoms with van der Waals surface area (Å²) in [5.41, 5.74) is 1.56. The molecule has 3 aromatic rings. The quantitative estimate of drug-likeness (QED) is 0.562. The summed E-state index contributed by atoms with van der Waals surface area (Å²) in [4.78, 5) is 20.8. The maximum Gasteiger partial charge on any atom is 0.234 e. The molecule has 0 radical (unpaired) electrons. The number of thioether (sulfide) groups is 1. The number of carbonyl (C=O) groups is 1. The monoisotopic (exact) mass is 367 g/mol. The molecule has 1 N–H and O–H groups in total. The Morgan fingerprint density at radius 1 is 1.08 bits per heavy atom. The first-order valence-corrected chi connectivity index (χ1v) is 9.30. The lowest BCUT2D eigenvalue weighted by Crippen LogP contribution is -2.14. The van der Waals surface area contributed by atoms with Gasteiger partial charge in [0.1, 0.15) is 11.4 Å². The van der Waals surface area contributed by atoms with Gasteiger partial charge in [0.2, 0.25) is 5.91 Å². The van der Waals surface area contributed by atoms with Crippen LogP contribution in [0.1, 0.15) is 6.42 Å². The van der Waals surface area contributed by atoms with Crippen LogP contribution in [0.25, 0.3) is 10.9 Å².